The standard InChI is InChI=1S/C8H10N2O/c9-6-1-5(8-4-11-8)2-7(10)3-6/h1-3,8H,4,9-10H2. The predicted octanol–water partition coefficient (Wildman–Crippen LogP) is 0.922. The van der Waals surface area contributed by atoms with Crippen molar-refractivity contribution in [1.82, 2.24) is 0 Å². The maximum atomic E-state index is 5.59. The molecule has 1 fully saturated rings. The van der Waals surface area contributed by atoms with Gasteiger partial charge in [0, 0.05) is 11.4 Å². The lowest BCUT2D eigenvalue weighted by molar-refractivity contribution is 0.416. The first-order valence-electron chi connectivity index (χ1n) is 3.53. The predicted molar refractivity (Wildman–Crippen MR) is 44.0 cm³/mol. The monoisotopic (exact) mass is 150 g/mol. The van der Waals surface area contributed by atoms with Crippen LogP contribution in [-0.4, -0.2) is 6.61 Å². The zero-order valence-corrected chi connectivity index (χ0v) is 6.08. The third-order valence-corrected chi connectivity index (χ3v) is 1.71. The molecule has 11 heavy (non-hydrogen) atoms. The fraction of sp³-hybridized carbons (Fsp3) is 0.250. The highest BCUT2D eigenvalue weighted by molar-refractivity contribution is 5.55. The molecule has 0 saturated carbocycles. The molecule has 2 rings (SSSR count). The van der Waals surface area contributed by atoms with Gasteiger partial charge in [-0.15, -0.1) is 0 Å². The van der Waals surface area contributed by atoms with Gasteiger partial charge in [-0.2, -0.15) is 0 Å². The van der Waals surface area contributed by atoms with Gasteiger partial charge in [-0.25, -0.2) is 0 Å². The minimum absolute atomic E-state index is 0.237. The van der Waals surface area contributed by atoms with Gasteiger partial charge in [0.1, 0.15) is 6.10 Å². The number of rotatable bonds is 1. The maximum absolute atomic E-state index is 5.59. The summed E-state index contributed by atoms with van der Waals surface area (Å²) in [5, 5.41) is 0. The minimum Gasteiger partial charge on any atom is -0.399 e. The molecule has 1 heterocycles. The second kappa shape index (κ2) is 2.13. The molecule has 0 radical (unpaired) electrons. The Morgan fingerprint density at radius 2 is 1.73 bits per heavy atom. The van der Waals surface area contributed by atoms with E-state index < -0.39 is 0 Å². The SMILES string of the molecule is Nc1cc(N)cc(C2CO2)c1. The van der Waals surface area contributed by atoms with Gasteiger partial charge in [0.25, 0.3) is 0 Å². The lowest BCUT2D eigenvalue weighted by atomic mass is 10.1. The van der Waals surface area contributed by atoms with E-state index in [1.54, 1.807) is 6.07 Å². The summed E-state index contributed by atoms with van der Waals surface area (Å²) in [5.74, 6) is 0. The van der Waals surface area contributed by atoms with E-state index in [0.717, 1.165) is 12.2 Å². The van der Waals surface area contributed by atoms with E-state index in [4.69, 9.17) is 16.2 Å². The number of epoxide rings is 1. The van der Waals surface area contributed by atoms with Crippen LogP contribution in [0.15, 0.2) is 18.2 Å². The molecule has 1 aliphatic rings. The Hall–Kier alpha value is -1.22. The minimum atomic E-state index is 0.237. The van der Waals surface area contributed by atoms with Crippen LogP contribution in [0.5, 0.6) is 0 Å². The number of benzene rings is 1. The number of anilines is 2. The van der Waals surface area contributed by atoms with Gasteiger partial charge in [0.15, 0.2) is 0 Å². The molecule has 0 aliphatic carbocycles. The topological polar surface area (TPSA) is 64.6 Å². The van der Waals surface area contributed by atoms with Crippen LogP contribution in [0.25, 0.3) is 0 Å². The molecular weight excluding hydrogens is 140 g/mol. The average molecular weight is 150 g/mol. The van der Waals surface area contributed by atoms with Crippen LogP contribution in [0.2, 0.25) is 0 Å². The highest BCUT2D eigenvalue weighted by Crippen LogP contribution is 2.31. The molecule has 1 aromatic rings. The summed E-state index contributed by atoms with van der Waals surface area (Å²) < 4.78 is 5.09. The zero-order valence-electron chi connectivity index (χ0n) is 6.08. The summed E-state index contributed by atoms with van der Waals surface area (Å²) >= 11 is 0. The van der Waals surface area contributed by atoms with Crippen LogP contribution in [0.1, 0.15) is 11.7 Å². The average Bonchev–Trinajstić information content (AvgIpc) is 2.64. The number of nitrogen functional groups attached to an aromatic ring is 2. The van der Waals surface area contributed by atoms with Crippen molar-refractivity contribution in [3.05, 3.63) is 23.8 Å². The number of hydrogen-bond acceptors (Lipinski definition) is 3. The second-order valence-corrected chi connectivity index (χ2v) is 2.75. The largest absolute Gasteiger partial charge is 0.399 e. The number of hydrogen-bond donors (Lipinski definition) is 2. The van der Waals surface area contributed by atoms with E-state index in [2.05, 4.69) is 0 Å². The molecule has 1 aliphatic heterocycles. The van der Waals surface area contributed by atoms with Gasteiger partial charge < -0.3 is 16.2 Å². The van der Waals surface area contributed by atoms with Gasteiger partial charge in [-0.05, 0) is 23.8 Å². The van der Waals surface area contributed by atoms with Gasteiger partial charge >= 0.3 is 0 Å². The molecule has 58 valence electrons. The van der Waals surface area contributed by atoms with E-state index in [1.165, 1.54) is 0 Å². The summed E-state index contributed by atoms with van der Waals surface area (Å²) in [4.78, 5) is 0. The van der Waals surface area contributed by atoms with Crippen LogP contribution in [0.4, 0.5) is 11.4 Å². The molecule has 1 unspecified atom stereocenters. The first kappa shape index (κ1) is 6.49. The Bertz CT molecular complexity index is 261. The third kappa shape index (κ3) is 1.28. The second-order valence-electron chi connectivity index (χ2n) is 2.75. The van der Waals surface area contributed by atoms with Crippen molar-refractivity contribution in [3.8, 4) is 0 Å². The van der Waals surface area contributed by atoms with E-state index in [-0.39, 0.29) is 6.10 Å². The highest BCUT2D eigenvalue weighted by atomic mass is 16.6. The molecule has 0 amide bonds. The normalized spacial score (nSPS) is 21.6. The van der Waals surface area contributed by atoms with E-state index in [0.29, 0.717) is 11.4 Å². The molecule has 0 spiro atoms. The van der Waals surface area contributed by atoms with Gasteiger partial charge in [-0.3, -0.25) is 0 Å². The quantitative estimate of drug-likeness (QED) is 0.462. The Morgan fingerprint density at radius 3 is 2.18 bits per heavy atom. The lowest BCUT2D eigenvalue weighted by Gasteiger charge is -2.00. The van der Waals surface area contributed by atoms with E-state index >= 15 is 0 Å². The van der Waals surface area contributed by atoms with Crippen molar-refractivity contribution in [2.75, 3.05) is 18.1 Å². The number of nitrogens with two attached hydrogens (primary N) is 2. The molecule has 1 saturated heterocycles. The summed E-state index contributed by atoms with van der Waals surface area (Å²) in [6.45, 7) is 0.795. The summed E-state index contributed by atoms with van der Waals surface area (Å²) in [6, 6.07) is 5.54. The first-order chi connectivity index (χ1) is 5.25. The Kier molecular flexibility index (Phi) is 1.26. The lowest BCUT2D eigenvalue weighted by Crippen LogP contribution is -1.92. The molecule has 3 nitrogen and oxygen atoms in total. The van der Waals surface area contributed by atoms with Crippen molar-refractivity contribution < 1.29 is 4.74 Å². The van der Waals surface area contributed by atoms with Gasteiger partial charge in [0.2, 0.25) is 0 Å². The molecule has 4 N–H and O–H groups in total. The molecule has 0 aromatic heterocycles. The summed E-state index contributed by atoms with van der Waals surface area (Å²) in [6.07, 6.45) is 0.237. The van der Waals surface area contributed by atoms with Crippen molar-refractivity contribution in [2.24, 2.45) is 0 Å². The van der Waals surface area contributed by atoms with Gasteiger partial charge in [-0.1, -0.05) is 0 Å². The Morgan fingerprint density at radius 1 is 1.18 bits per heavy atom. The molecule has 1 atom stereocenters. The van der Waals surface area contributed by atoms with Crippen LogP contribution in [-0.2, 0) is 4.74 Å². The molecule has 3 heteroatoms. The van der Waals surface area contributed by atoms with Crippen molar-refractivity contribution in [2.45, 2.75) is 6.10 Å². The molecule has 1 aromatic carbocycles. The first-order valence-corrected chi connectivity index (χ1v) is 3.53. The van der Waals surface area contributed by atoms with Crippen molar-refractivity contribution in [1.29, 1.82) is 0 Å². The molecule has 0 bridgehead atoms. The van der Waals surface area contributed by atoms with Crippen LogP contribution >= 0.6 is 0 Å². The Labute approximate surface area is 64.9 Å². The van der Waals surface area contributed by atoms with Crippen molar-refractivity contribution in [3.63, 3.8) is 0 Å². The van der Waals surface area contributed by atoms with Crippen LogP contribution < -0.4 is 11.5 Å². The maximum Gasteiger partial charge on any atom is 0.106 e. The summed E-state index contributed by atoms with van der Waals surface area (Å²) in [5.41, 5.74) is 13.7. The smallest absolute Gasteiger partial charge is 0.106 e. The van der Waals surface area contributed by atoms with Gasteiger partial charge in [0.05, 0.1) is 6.61 Å². The highest BCUT2D eigenvalue weighted by Gasteiger charge is 2.24. The third-order valence-electron chi connectivity index (χ3n) is 1.71. The van der Waals surface area contributed by atoms with E-state index in [1.807, 2.05) is 12.1 Å². The van der Waals surface area contributed by atoms with Crippen LogP contribution in [0.3, 0.4) is 0 Å². The number of ether oxygens (including phenoxy) is 1. The van der Waals surface area contributed by atoms with E-state index in [9.17, 15) is 0 Å². The fourth-order valence-corrected chi connectivity index (χ4v) is 1.13. The Balaban J connectivity index is 2.39. The molecular formula is C8H10N2O. The summed E-state index contributed by atoms with van der Waals surface area (Å²) in [7, 11) is 0. The van der Waals surface area contributed by atoms with Crippen molar-refractivity contribution >= 4 is 11.4 Å². The zero-order chi connectivity index (χ0) is 7.84. The fourth-order valence-electron chi connectivity index (χ4n) is 1.13. The van der Waals surface area contributed by atoms with Crippen LogP contribution in [0, 0.1) is 0 Å².